The van der Waals surface area contributed by atoms with Gasteiger partial charge in [0.05, 0.1) is 63.7 Å². The molecule has 0 aliphatic carbocycles. The summed E-state index contributed by atoms with van der Waals surface area (Å²) in [6.07, 6.45) is 2.26. The zero-order valence-corrected chi connectivity index (χ0v) is 32.4. The molecule has 4 rings (SSSR count). The number of esters is 1. The van der Waals surface area contributed by atoms with Gasteiger partial charge >= 0.3 is 5.97 Å². The Labute approximate surface area is 312 Å². The number of hydrogen-bond acceptors (Lipinski definition) is 7. The first-order chi connectivity index (χ1) is 23.4. The fourth-order valence-corrected chi connectivity index (χ4v) is 7.76. The summed E-state index contributed by atoms with van der Waals surface area (Å²) < 4.78 is 86.1. The normalized spacial score (nSPS) is 12.7. The summed E-state index contributed by atoms with van der Waals surface area (Å²) in [7, 11) is 4.01. The number of halogens is 5. The minimum Gasteiger partial charge on any atom is -1.00 e. The molecule has 0 unspecified atom stereocenters. The maximum absolute atomic E-state index is 15.5. The van der Waals surface area contributed by atoms with Crippen LogP contribution in [0.15, 0.2) is 70.8 Å². The highest BCUT2D eigenvalue weighted by Gasteiger charge is 2.32. The number of ether oxygens (including phenoxy) is 2. The Morgan fingerprint density at radius 3 is 2.24 bits per heavy atom. The molecule has 0 saturated carbocycles. The third-order valence-electron chi connectivity index (χ3n) is 8.20. The molecule has 0 fully saturated rings. The Kier molecular flexibility index (Phi) is 14.1. The van der Waals surface area contributed by atoms with E-state index in [1.807, 2.05) is 47.1 Å². The molecule has 9 nitrogen and oxygen atoms in total. The largest absolute Gasteiger partial charge is 1.00 e. The van der Waals surface area contributed by atoms with E-state index >= 15 is 8.78 Å². The average molecular weight is 790 g/mol. The molecule has 1 heterocycles. The van der Waals surface area contributed by atoms with Crippen LogP contribution in [0.4, 0.5) is 13.2 Å². The number of nitrogens with one attached hydrogen (secondary N) is 1. The number of sulfonamides is 1. The van der Waals surface area contributed by atoms with E-state index in [-0.39, 0.29) is 30.1 Å². The first kappa shape index (κ1) is 42.1. The fraction of sp³-hybridized carbons (Fsp3) is 0.371. The van der Waals surface area contributed by atoms with E-state index in [1.54, 1.807) is 29.0 Å². The summed E-state index contributed by atoms with van der Waals surface area (Å²) in [5, 5.41) is 0.792. The van der Waals surface area contributed by atoms with E-state index in [9.17, 15) is 17.6 Å². The van der Waals surface area contributed by atoms with Gasteiger partial charge in [-0.05, 0) is 66.9 Å². The number of quaternary nitrogens is 1. The van der Waals surface area contributed by atoms with Gasteiger partial charge in [-0.15, -0.1) is 0 Å². The highest BCUT2D eigenvalue weighted by molar-refractivity contribution is 7.98. The van der Waals surface area contributed by atoms with E-state index in [4.69, 9.17) is 21.1 Å². The van der Waals surface area contributed by atoms with Crippen LogP contribution in [-0.2, 0) is 30.7 Å². The summed E-state index contributed by atoms with van der Waals surface area (Å²) in [5.41, 5.74) is 1.00. The third-order valence-corrected chi connectivity index (χ3v) is 10.9. The molecule has 16 heteroatoms. The van der Waals surface area contributed by atoms with E-state index in [0.29, 0.717) is 44.8 Å². The van der Waals surface area contributed by atoms with Crippen molar-refractivity contribution < 1.29 is 52.7 Å². The van der Waals surface area contributed by atoms with E-state index in [2.05, 4.69) is 9.71 Å². The van der Waals surface area contributed by atoms with Crippen LogP contribution in [0.5, 0.6) is 5.75 Å². The van der Waals surface area contributed by atoms with Crippen molar-refractivity contribution in [3.05, 3.63) is 100 Å². The van der Waals surface area contributed by atoms with Crippen molar-refractivity contribution in [1.82, 2.24) is 14.3 Å². The number of nitrogens with zero attached hydrogens (tertiary/aromatic N) is 3. The molecule has 0 aliphatic rings. The van der Waals surface area contributed by atoms with Crippen molar-refractivity contribution in [2.75, 3.05) is 41.9 Å². The number of thioether (sulfide) groups is 1. The van der Waals surface area contributed by atoms with Gasteiger partial charge in [-0.1, -0.05) is 43.3 Å². The smallest absolute Gasteiger partial charge is 0.323 e. The Morgan fingerprint density at radius 2 is 1.67 bits per heavy atom. The molecule has 1 N–H and O–H groups in total. The van der Waals surface area contributed by atoms with Crippen LogP contribution in [0.3, 0.4) is 0 Å². The number of benzene rings is 3. The summed E-state index contributed by atoms with van der Waals surface area (Å²) in [5.74, 6) is -3.21. The first-order valence-corrected chi connectivity index (χ1v) is 18.4. The van der Waals surface area contributed by atoms with Gasteiger partial charge < -0.3 is 26.4 Å². The van der Waals surface area contributed by atoms with Crippen LogP contribution >= 0.6 is 23.4 Å². The SMILES string of the molecule is COC(=O)[C@H](CCC[N+](C)(C)C)NS(=O)(=O)c1cc(F)c(CSc2ncc(C(C)(C)c3ccc(Cl)c(OC)c3)n2-c2ccc(F)cc2)c(F)c1.[Cl-]. The predicted molar refractivity (Wildman–Crippen MR) is 188 cm³/mol. The standard InChI is InChI=1S/C35H41ClF3N4O5S2.ClH/c1-35(2,22-10-15-27(36)31(17-22)47-6)32-20-40-34(42(32)24-13-11-23(37)12-14-24)49-21-26-28(38)18-25(19-29(26)39)50(45,46)41-30(33(44)48-7)9-8-16-43(3,4)5;/h10-15,17-20,30,41H,8-9,16,21H2,1-7H3;1H/q+1;/p-1/t30-;/m0./s1. The lowest BCUT2D eigenvalue weighted by atomic mass is 9.81. The second-order valence-electron chi connectivity index (χ2n) is 13.2. The number of methoxy groups -OCH3 is 2. The molecule has 3 aromatic carbocycles. The van der Waals surface area contributed by atoms with Crippen LogP contribution in [0.1, 0.15) is 43.5 Å². The second kappa shape index (κ2) is 17.0. The molecule has 0 radical (unpaired) electrons. The lowest BCUT2D eigenvalue weighted by molar-refractivity contribution is -0.870. The Bertz CT molecular complexity index is 1930. The van der Waals surface area contributed by atoms with Crippen molar-refractivity contribution >= 4 is 39.4 Å². The molecule has 0 amide bonds. The van der Waals surface area contributed by atoms with Crippen LogP contribution < -0.4 is 21.9 Å². The number of aromatic nitrogens is 2. The molecular weight excluding hydrogens is 748 g/mol. The Balaban J connectivity index is 0.00000702. The van der Waals surface area contributed by atoms with Gasteiger partial charge in [-0.3, -0.25) is 9.36 Å². The van der Waals surface area contributed by atoms with Gasteiger partial charge in [0.15, 0.2) is 5.16 Å². The molecule has 0 bridgehead atoms. The van der Waals surface area contributed by atoms with Gasteiger partial charge in [-0.25, -0.2) is 26.6 Å². The second-order valence-corrected chi connectivity index (χ2v) is 16.3. The zero-order chi connectivity index (χ0) is 37.0. The molecule has 278 valence electrons. The van der Waals surface area contributed by atoms with Gasteiger partial charge in [0.2, 0.25) is 10.0 Å². The summed E-state index contributed by atoms with van der Waals surface area (Å²) in [6.45, 7) is 4.57. The maximum atomic E-state index is 15.5. The van der Waals surface area contributed by atoms with Crippen molar-refractivity contribution in [2.45, 2.75) is 54.0 Å². The Hall–Kier alpha value is -3.27. The molecule has 0 aliphatic heterocycles. The fourth-order valence-electron chi connectivity index (χ4n) is 5.32. The predicted octanol–water partition coefficient (Wildman–Crippen LogP) is 3.88. The maximum Gasteiger partial charge on any atom is 0.323 e. The molecule has 0 saturated heterocycles. The highest BCUT2D eigenvalue weighted by Crippen LogP contribution is 2.39. The molecule has 1 aromatic heterocycles. The van der Waals surface area contributed by atoms with E-state index in [1.165, 1.54) is 19.2 Å². The molecular formula is C35H41Cl2F3N4O5S2. The minimum absolute atomic E-state index is 0. The van der Waals surface area contributed by atoms with Crippen LogP contribution in [0.25, 0.3) is 5.69 Å². The number of hydrogen-bond donors (Lipinski definition) is 1. The van der Waals surface area contributed by atoms with Gasteiger partial charge in [0.1, 0.15) is 29.2 Å². The zero-order valence-electron chi connectivity index (χ0n) is 29.3. The quantitative estimate of drug-likeness (QED) is 0.111. The van der Waals surface area contributed by atoms with Crippen LogP contribution in [0.2, 0.25) is 5.02 Å². The molecule has 51 heavy (non-hydrogen) atoms. The van der Waals surface area contributed by atoms with Gasteiger partial charge in [0.25, 0.3) is 0 Å². The van der Waals surface area contributed by atoms with Gasteiger partial charge in [0, 0.05) is 22.4 Å². The van der Waals surface area contributed by atoms with Crippen molar-refractivity contribution in [2.24, 2.45) is 0 Å². The Morgan fingerprint density at radius 1 is 1.04 bits per heavy atom. The first-order valence-electron chi connectivity index (χ1n) is 15.6. The topological polar surface area (TPSA) is 99.5 Å². The van der Waals surface area contributed by atoms with Crippen molar-refractivity contribution in [3.8, 4) is 11.4 Å². The monoisotopic (exact) mass is 788 g/mol. The minimum atomic E-state index is -4.51. The summed E-state index contributed by atoms with van der Waals surface area (Å²) >= 11 is 7.29. The highest BCUT2D eigenvalue weighted by atomic mass is 35.5. The van der Waals surface area contributed by atoms with E-state index in [0.717, 1.165) is 36.6 Å². The summed E-state index contributed by atoms with van der Waals surface area (Å²) in [6, 6.07) is 11.3. The number of imidazole rings is 1. The van der Waals surface area contributed by atoms with Gasteiger partial charge in [-0.2, -0.15) is 4.72 Å². The van der Waals surface area contributed by atoms with Crippen LogP contribution in [-0.4, -0.2) is 76.4 Å². The molecule has 1 atom stereocenters. The number of rotatable bonds is 15. The van der Waals surface area contributed by atoms with Crippen LogP contribution in [0, 0.1) is 17.5 Å². The lowest BCUT2D eigenvalue weighted by Crippen LogP contribution is -3.00. The van der Waals surface area contributed by atoms with Crippen molar-refractivity contribution in [1.29, 1.82) is 0 Å². The molecule has 0 spiro atoms. The summed E-state index contributed by atoms with van der Waals surface area (Å²) in [4.78, 5) is 16.3. The van der Waals surface area contributed by atoms with E-state index < -0.39 is 49.8 Å². The van der Waals surface area contributed by atoms with Crippen molar-refractivity contribution in [3.63, 3.8) is 0 Å². The molecule has 4 aromatic rings. The number of carbonyl (C=O) groups is 1. The third kappa shape index (κ3) is 10.2. The number of carbonyl (C=O) groups excluding carboxylic acids is 1. The lowest BCUT2D eigenvalue weighted by Gasteiger charge is -2.28. The average Bonchev–Trinajstić information content (AvgIpc) is 3.48.